The summed E-state index contributed by atoms with van der Waals surface area (Å²) in [6, 6.07) is 25.9. The zero-order valence-corrected chi connectivity index (χ0v) is 15.4. The van der Waals surface area contributed by atoms with Gasteiger partial charge in [0, 0.05) is 33.7 Å². The lowest BCUT2D eigenvalue weighted by Gasteiger charge is -2.19. The van der Waals surface area contributed by atoms with Crippen LogP contribution in [0.2, 0.25) is 0 Å². The molecule has 0 fully saturated rings. The topological polar surface area (TPSA) is 14.2 Å². The summed E-state index contributed by atoms with van der Waals surface area (Å²) in [6.07, 6.45) is 0. The number of para-hydroxylation sites is 1. The van der Waals surface area contributed by atoms with Gasteiger partial charge in [-0.15, -0.1) is 11.8 Å². The van der Waals surface area contributed by atoms with Crippen molar-refractivity contribution in [3.63, 3.8) is 0 Å². The third kappa shape index (κ3) is 2.43. The van der Waals surface area contributed by atoms with Gasteiger partial charge < -0.3 is 9.30 Å². The first-order valence-corrected chi connectivity index (χ1v) is 9.79. The Balaban J connectivity index is 1.72. The van der Waals surface area contributed by atoms with Crippen molar-refractivity contribution in [3.8, 4) is 17.0 Å². The number of hydrogen-bond acceptors (Lipinski definition) is 2. The summed E-state index contributed by atoms with van der Waals surface area (Å²) in [7, 11) is 1.71. The highest BCUT2D eigenvalue weighted by Gasteiger charge is 2.24. The lowest BCUT2D eigenvalue weighted by molar-refractivity contribution is 0.414. The fourth-order valence-electron chi connectivity index (χ4n) is 3.84. The number of thioether (sulfide) groups is 1. The van der Waals surface area contributed by atoms with Crippen LogP contribution in [0.1, 0.15) is 11.1 Å². The standard InChI is InChI=1S/C23H19NOS/c1-25-17-12-10-16(11-13-17)14-24-21-8-4-2-6-18(21)20-15-26-22-9-5-3-7-19(22)23(20)24/h2-13H,14-15H2,1H3. The van der Waals surface area contributed by atoms with Crippen molar-refractivity contribution in [2.24, 2.45) is 0 Å². The van der Waals surface area contributed by atoms with E-state index in [1.807, 2.05) is 23.9 Å². The number of fused-ring (bicyclic) bond motifs is 5. The van der Waals surface area contributed by atoms with Gasteiger partial charge >= 0.3 is 0 Å². The summed E-state index contributed by atoms with van der Waals surface area (Å²) in [6.45, 7) is 0.860. The molecule has 5 rings (SSSR count). The molecule has 1 aromatic heterocycles. The summed E-state index contributed by atoms with van der Waals surface area (Å²) in [5.74, 6) is 1.93. The van der Waals surface area contributed by atoms with Crippen LogP contribution in [-0.2, 0) is 12.3 Å². The highest BCUT2D eigenvalue weighted by atomic mass is 32.2. The third-order valence-corrected chi connectivity index (χ3v) is 6.19. The summed E-state index contributed by atoms with van der Waals surface area (Å²) >= 11 is 1.94. The smallest absolute Gasteiger partial charge is 0.118 e. The SMILES string of the molecule is COc1ccc(Cn2c3c(c4ccccc42)CSc2ccccc2-3)cc1. The van der Waals surface area contributed by atoms with Crippen molar-refractivity contribution in [1.29, 1.82) is 0 Å². The molecule has 0 bridgehead atoms. The molecule has 3 heteroatoms. The van der Waals surface area contributed by atoms with E-state index >= 15 is 0 Å². The number of nitrogens with zero attached hydrogens (tertiary/aromatic N) is 1. The second kappa shape index (κ2) is 6.26. The number of methoxy groups -OCH3 is 1. The Morgan fingerprint density at radius 3 is 2.54 bits per heavy atom. The zero-order chi connectivity index (χ0) is 17.5. The largest absolute Gasteiger partial charge is 0.497 e. The van der Waals surface area contributed by atoms with E-state index < -0.39 is 0 Å². The lowest BCUT2D eigenvalue weighted by atomic mass is 10.1. The number of ether oxygens (including phenoxy) is 1. The van der Waals surface area contributed by atoms with Crippen LogP contribution in [0, 0.1) is 0 Å². The fraction of sp³-hybridized carbons (Fsp3) is 0.130. The molecule has 0 saturated heterocycles. The first-order chi connectivity index (χ1) is 12.8. The van der Waals surface area contributed by atoms with Crippen LogP contribution in [0.3, 0.4) is 0 Å². The summed E-state index contributed by atoms with van der Waals surface area (Å²) < 4.78 is 7.78. The highest BCUT2D eigenvalue weighted by molar-refractivity contribution is 7.98. The van der Waals surface area contributed by atoms with Crippen molar-refractivity contribution in [2.75, 3.05) is 7.11 Å². The van der Waals surface area contributed by atoms with Crippen molar-refractivity contribution >= 4 is 22.7 Å². The number of hydrogen-bond donors (Lipinski definition) is 0. The molecule has 0 atom stereocenters. The molecule has 0 N–H and O–H groups in total. The minimum Gasteiger partial charge on any atom is -0.497 e. The van der Waals surface area contributed by atoms with Crippen LogP contribution in [0.15, 0.2) is 77.7 Å². The highest BCUT2D eigenvalue weighted by Crippen LogP contribution is 2.45. The van der Waals surface area contributed by atoms with E-state index in [1.54, 1.807) is 7.11 Å². The van der Waals surface area contributed by atoms with Gasteiger partial charge in [0.2, 0.25) is 0 Å². The Hall–Kier alpha value is -2.65. The number of aromatic nitrogens is 1. The molecule has 0 aliphatic carbocycles. The third-order valence-electron chi connectivity index (χ3n) is 5.09. The van der Waals surface area contributed by atoms with Crippen LogP contribution in [0.4, 0.5) is 0 Å². The predicted molar refractivity (Wildman–Crippen MR) is 109 cm³/mol. The average molecular weight is 357 g/mol. The van der Waals surface area contributed by atoms with Crippen LogP contribution in [0.25, 0.3) is 22.2 Å². The van der Waals surface area contributed by atoms with Crippen molar-refractivity contribution in [2.45, 2.75) is 17.2 Å². The Morgan fingerprint density at radius 2 is 1.69 bits per heavy atom. The molecule has 26 heavy (non-hydrogen) atoms. The monoisotopic (exact) mass is 357 g/mol. The van der Waals surface area contributed by atoms with Crippen LogP contribution in [0.5, 0.6) is 5.75 Å². The van der Waals surface area contributed by atoms with Gasteiger partial charge in [0.1, 0.15) is 5.75 Å². The Bertz CT molecular complexity index is 1100. The van der Waals surface area contributed by atoms with Crippen molar-refractivity contribution in [1.82, 2.24) is 4.57 Å². The Labute approximate surface area is 157 Å². The van der Waals surface area contributed by atoms with E-state index in [9.17, 15) is 0 Å². The first kappa shape index (κ1) is 15.6. The molecule has 2 nitrogen and oxygen atoms in total. The van der Waals surface area contributed by atoms with Gasteiger partial charge in [-0.3, -0.25) is 0 Å². The fourth-order valence-corrected chi connectivity index (χ4v) is 4.93. The number of benzene rings is 3. The summed E-state index contributed by atoms with van der Waals surface area (Å²) in [5, 5.41) is 1.37. The van der Waals surface area contributed by atoms with Crippen LogP contribution < -0.4 is 4.74 Å². The van der Waals surface area contributed by atoms with Crippen molar-refractivity contribution < 1.29 is 4.74 Å². The zero-order valence-electron chi connectivity index (χ0n) is 14.6. The molecule has 2 heterocycles. The van der Waals surface area contributed by atoms with Crippen LogP contribution >= 0.6 is 11.8 Å². The maximum absolute atomic E-state index is 5.30. The maximum atomic E-state index is 5.30. The van der Waals surface area contributed by atoms with E-state index in [2.05, 4.69) is 65.2 Å². The number of rotatable bonds is 3. The van der Waals surface area contributed by atoms with E-state index in [0.29, 0.717) is 0 Å². The second-order valence-corrected chi connectivity index (χ2v) is 7.58. The lowest BCUT2D eigenvalue weighted by Crippen LogP contribution is -2.05. The molecular formula is C23H19NOS. The molecule has 0 saturated carbocycles. The van der Waals surface area contributed by atoms with Crippen LogP contribution in [-0.4, -0.2) is 11.7 Å². The van der Waals surface area contributed by atoms with Gasteiger partial charge in [0.25, 0.3) is 0 Å². The molecular weight excluding hydrogens is 338 g/mol. The van der Waals surface area contributed by atoms with E-state index in [0.717, 1.165) is 18.0 Å². The minimum absolute atomic E-state index is 0.860. The molecule has 4 aromatic rings. The minimum atomic E-state index is 0.860. The van der Waals surface area contributed by atoms with E-state index in [1.165, 1.54) is 38.2 Å². The summed E-state index contributed by atoms with van der Waals surface area (Å²) in [4.78, 5) is 1.37. The van der Waals surface area contributed by atoms with Gasteiger partial charge in [0.05, 0.1) is 12.8 Å². The van der Waals surface area contributed by atoms with E-state index in [-0.39, 0.29) is 0 Å². The van der Waals surface area contributed by atoms with Gasteiger partial charge in [-0.2, -0.15) is 0 Å². The normalized spacial score (nSPS) is 12.7. The molecule has 3 aromatic carbocycles. The van der Waals surface area contributed by atoms with Crippen molar-refractivity contribution in [3.05, 3.63) is 83.9 Å². The van der Waals surface area contributed by atoms with Gasteiger partial charge in [-0.05, 0) is 35.4 Å². The Kier molecular flexibility index (Phi) is 3.75. The summed E-state index contributed by atoms with van der Waals surface area (Å²) in [5.41, 5.74) is 6.77. The predicted octanol–water partition coefficient (Wildman–Crippen LogP) is 5.97. The van der Waals surface area contributed by atoms with Gasteiger partial charge in [-0.25, -0.2) is 0 Å². The second-order valence-electron chi connectivity index (χ2n) is 6.56. The molecule has 0 unspecified atom stereocenters. The first-order valence-electron chi connectivity index (χ1n) is 8.80. The molecule has 1 aliphatic heterocycles. The molecule has 1 aliphatic rings. The molecule has 0 amide bonds. The van der Waals surface area contributed by atoms with E-state index in [4.69, 9.17) is 4.74 Å². The average Bonchev–Trinajstić information content (AvgIpc) is 3.03. The molecule has 128 valence electrons. The Morgan fingerprint density at radius 1 is 0.923 bits per heavy atom. The van der Waals surface area contributed by atoms with Gasteiger partial charge in [-0.1, -0.05) is 48.5 Å². The maximum Gasteiger partial charge on any atom is 0.118 e. The van der Waals surface area contributed by atoms with Gasteiger partial charge in [0.15, 0.2) is 0 Å². The molecule has 0 radical (unpaired) electrons. The quantitative estimate of drug-likeness (QED) is 0.448. The molecule has 0 spiro atoms.